The van der Waals surface area contributed by atoms with Gasteiger partial charge in [0.25, 0.3) is 15.9 Å². The second-order valence-corrected chi connectivity index (χ2v) is 7.70. The first kappa shape index (κ1) is 21.1. The molecule has 11 heteroatoms. The van der Waals surface area contributed by atoms with Crippen molar-refractivity contribution >= 4 is 21.6 Å². The Balaban J connectivity index is 1.76. The van der Waals surface area contributed by atoms with Crippen molar-refractivity contribution in [1.82, 2.24) is 15.5 Å². The molecule has 1 amide bonds. The van der Waals surface area contributed by atoms with E-state index in [9.17, 15) is 17.6 Å². The highest BCUT2D eigenvalue weighted by Gasteiger charge is 2.25. The quantitative estimate of drug-likeness (QED) is 0.500. The van der Waals surface area contributed by atoms with E-state index >= 15 is 0 Å². The Bertz CT molecular complexity index is 1150. The van der Waals surface area contributed by atoms with Gasteiger partial charge in [-0.15, -0.1) is 0 Å². The van der Waals surface area contributed by atoms with Crippen molar-refractivity contribution < 1.29 is 27.1 Å². The number of anilines is 1. The average Bonchev–Trinajstić information content (AvgIpc) is 3.24. The molecule has 0 fully saturated rings. The van der Waals surface area contributed by atoms with Crippen LogP contribution in [-0.4, -0.2) is 38.7 Å². The van der Waals surface area contributed by atoms with E-state index in [2.05, 4.69) is 20.2 Å². The number of nitrogens with one attached hydrogen (secondary N) is 3. The fourth-order valence-corrected chi connectivity index (χ4v) is 3.79. The smallest absolute Gasteiger partial charge is 0.279 e. The van der Waals surface area contributed by atoms with E-state index in [0.717, 1.165) is 18.3 Å². The summed E-state index contributed by atoms with van der Waals surface area (Å²) in [5, 5.41) is 8.21. The molecule has 0 atom stereocenters. The predicted molar refractivity (Wildman–Crippen MR) is 107 cm³/mol. The molecule has 0 unspecified atom stereocenters. The lowest BCUT2D eigenvalue weighted by Crippen LogP contribution is -2.25. The number of sulfonamides is 1. The highest BCUT2D eigenvalue weighted by Crippen LogP contribution is 2.24. The van der Waals surface area contributed by atoms with Crippen LogP contribution < -0.4 is 19.5 Å². The van der Waals surface area contributed by atoms with Crippen molar-refractivity contribution in [2.24, 2.45) is 0 Å². The van der Waals surface area contributed by atoms with Gasteiger partial charge in [0.2, 0.25) is 0 Å². The number of methoxy groups -OCH3 is 2. The van der Waals surface area contributed by atoms with Crippen molar-refractivity contribution in [3.8, 4) is 11.5 Å². The second kappa shape index (κ2) is 8.82. The fraction of sp³-hybridized carbons (Fsp3) is 0.158. The zero-order valence-electron chi connectivity index (χ0n) is 16.1. The molecule has 0 radical (unpaired) electrons. The summed E-state index contributed by atoms with van der Waals surface area (Å²) in [6.07, 6.45) is 1.11. The summed E-state index contributed by atoms with van der Waals surface area (Å²) in [7, 11) is -1.14. The third-order valence-electron chi connectivity index (χ3n) is 4.15. The number of H-pyrrole nitrogens is 1. The van der Waals surface area contributed by atoms with E-state index in [1.807, 2.05) is 0 Å². The molecule has 158 valence electrons. The first-order valence-electron chi connectivity index (χ1n) is 8.65. The summed E-state index contributed by atoms with van der Waals surface area (Å²) in [6, 6.07) is 9.85. The van der Waals surface area contributed by atoms with Gasteiger partial charge < -0.3 is 14.8 Å². The summed E-state index contributed by atoms with van der Waals surface area (Å²) in [5.74, 6) is -0.0562. The minimum absolute atomic E-state index is 0.0854. The van der Waals surface area contributed by atoms with Crippen molar-refractivity contribution in [2.75, 3.05) is 18.9 Å². The van der Waals surface area contributed by atoms with Gasteiger partial charge in [-0.25, -0.2) is 4.39 Å². The maximum absolute atomic E-state index is 13.0. The molecule has 0 saturated carbocycles. The lowest BCUT2D eigenvalue weighted by molar-refractivity contribution is 0.0947. The van der Waals surface area contributed by atoms with Gasteiger partial charge in [-0.05, 0) is 36.4 Å². The molecule has 0 spiro atoms. The summed E-state index contributed by atoms with van der Waals surface area (Å²) in [6.45, 7) is 0.0854. The number of carbonyl (C=O) groups is 1. The van der Waals surface area contributed by atoms with E-state index in [-0.39, 0.29) is 17.8 Å². The van der Waals surface area contributed by atoms with E-state index in [0.29, 0.717) is 17.1 Å². The van der Waals surface area contributed by atoms with Crippen LogP contribution in [0, 0.1) is 5.82 Å². The first-order valence-corrected chi connectivity index (χ1v) is 10.1. The molecule has 1 heterocycles. The molecule has 3 N–H and O–H groups in total. The van der Waals surface area contributed by atoms with Crippen LogP contribution in [0.4, 0.5) is 10.1 Å². The van der Waals surface area contributed by atoms with E-state index in [1.54, 1.807) is 18.2 Å². The Morgan fingerprint density at radius 2 is 1.87 bits per heavy atom. The Morgan fingerprint density at radius 1 is 1.13 bits per heavy atom. The lowest BCUT2D eigenvalue weighted by atomic mass is 10.2. The van der Waals surface area contributed by atoms with E-state index < -0.39 is 26.8 Å². The molecule has 3 aromatic rings. The number of amides is 1. The van der Waals surface area contributed by atoms with Crippen LogP contribution in [0.15, 0.2) is 53.7 Å². The molecule has 2 aromatic carbocycles. The molecule has 30 heavy (non-hydrogen) atoms. The maximum atomic E-state index is 13.0. The van der Waals surface area contributed by atoms with Gasteiger partial charge in [0, 0.05) is 23.9 Å². The number of hydrogen-bond donors (Lipinski definition) is 3. The number of aromatic amines is 1. The molecule has 0 bridgehead atoms. The summed E-state index contributed by atoms with van der Waals surface area (Å²) >= 11 is 0. The van der Waals surface area contributed by atoms with Crippen LogP contribution in [0.25, 0.3) is 0 Å². The number of nitrogens with zero attached hydrogens (tertiary/aromatic N) is 1. The molecule has 3 rings (SSSR count). The van der Waals surface area contributed by atoms with Crippen molar-refractivity contribution in [1.29, 1.82) is 0 Å². The van der Waals surface area contributed by atoms with Crippen molar-refractivity contribution in [3.63, 3.8) is 0 Å². The fourth-order valence-electron chi connectivity index (χ4n) is 2.63. The molecule has 9 nitrogen and oxygen atoms in total. The van der Waals surface area contributed by atoms with Crippen LogP contribution in [0.3, 0.4) is 0 Å². The molecule has 0 aliphatic heterocycles. The zero-order chi connectivity index (χ0) is 21.7. The topological polar surface area (TPSA) is 122 Å². The number of benzene rings is 2. The van der Waals surface area contributed by atoms with Crippen LogP contribution in [0.2, 0.25) is 0 Å². The number of ether oxygens (including phenoxy) is 2. The van der Waals surface area contributed by atoms with Crippen LogP contribution >= 0.6 is 0 Å². The minimum Gasteiger partial charge on any atom is -0.497 e. The van der Waals surface area contributed by atoms with Crippen molar-refractivity contribution in [2.45, 2.75) is 11.6 Å². The molecule has 1 aromatic heterocycles. The highest BCUT2D eigenvalue weighted by molar-refractivity contribution is 7.92. The highest BCUT2D eigenvalue weighted by atomic mass is 32.2. The van der Waals surface area contributed by atoms with Crippen LogP contribution in [0.5, 0.6) is 11.5 Å². The number of aromatic nitrogens is 2. The normalized spacial score (nSPS) is 11.0. The van der Waals surface area contributed by atoms with Gasteiger partial charge >= 0.3 is 0 Å². The standard InChI is InChI=1S/C19H19FN4O5S/c1-28-15-8-3-12(17(9-15)29-2)10-21-18(25)16-11-22-23-19(16)30(26,27)24-14-6-4-13(20)5-7-14/h3-9,11,24H,10H2,1-2H3,(H,21,25)(H,22,23). The van der Waals surface area contributed by atoms with Crippen molar-refractivity contribution in [3.05, 3.63) is 65.6 Å². The minimum atomic E-state index is -4.16. The van der Waals surface area contributed by atoms with Gasteiger partial charge in [0.15, 0.2) is 5.03 Å². The molecular formula is C19H19FN4O5S. The Kier molecular flexibility index (Phi) is 6.21. The molecule has 0 aliphatic rings. The third kappa shape index (κ3) is 4.69. The van der Waals surface area contributed by atoms with Gasteiger partial charge in [-0.3, -0.25) is 14.6 Å². The predicted octanol–water partition coefficient (Wildman–Crippen LogP) is 2.30. The van der Waals surface area contributed by atoms with Gasteiger partial charge in [0.05, 0.1) is 26.0 Å². The molecule has 0 aliphatic carbocycles. The first-order chi connectivity index (χ1) is 14.3. The molecule has 0 saturated heterocycles. The largest absolute Gasteiger partial charge is 0.497 e. The van der Waals surface area contributed by atoms with E-state index in [1.165, 1.54) is 26.4 Å². The maximum Gasteiger partial charge on any atom is 0.279 e. The van der Waals surface area contributed by atoms with E-state index in [4.69, 9.17) is 9.47 Å². The van der Waals surface area contributed by atoms with Crippen LogP contribution in [0.1, 0.15) is 15.9 Å². The Labute approximate surface area is 172 Å². The number of halogens is 1. The third-order valence-corrected chi connectivity index (χ3v) is 5.50. The second-order valence-electron chi connectivity index (χ2n) is 6.09. The lowest BCUT2D eigenvalue weighted by Gasteiger charge is -2.12. The number of hydrogen-bond acceptors (Lipinski definition) is 6. The molecular weight excluding hydrogens is 415 g/mol. The summed E-state index contributed by atoms with van der Waals surface area (Å²) in [4.78, 5) is 12.6. The monoisotopic (exact) mass is 434 g/mol. The number of rotatable bonds is 8. The average molecular weight is 434 g/mol. The van der Waals surface area contributed by atoms with Gasteiger partial charge in [0.1, 0.15) is 17.3 Å². The van der Waals surface area contributed by atoms with Gasteiger partial charge in [-0.2, -0.15) is 13.5 Å². The summed E-state index contributed by atoms with van der Waals surface area (Å²) in [5.41, 5.74) is 0.640. The van der Waals surface area contributed by atoms with Crippen LogP contribution in [-0.2, 0) is 16.6 Å². The summed E-state index contributed by atoms with van der Waals surface area (Å²) < 4.78 is 51.0. The SMILES string of the molecule is COc1ccc(CNC(=O)c2cn[nH]c2S(=O)(=O)Nc2ccc(F)cc2)c(OC)c1. The Hall–Kier alpha value is -3.60. The van der Waals surface area contributed by atoms with Gasteiger partial charge in [-0.1, -0.05) is 0 Å². The zero-order valence-corrected chi connectivity index (χ0v) is 16.9. The number of carbonyl (C=O) groups excluding carboxylic acids is 1. The Morgan fingerprint density at radius 3 is 2.53 bits per heavy atom.